The molecule has 0 saturated carbocycles. The molecule has 4 nitrogen and oxygen atoms in total. The third-order valence-electron chi connectivity index (χ3n) is 2.92. The number of aliphatic carboxylic acids is 1. The Kier molecular flexibility index (Phi) is 5.09. The Morgan fingerprint density at radius 1 is 1.33 bits per heavy atom. The van der Waals surface area contributed by atoms with Gasteiger partial charge in [0.05, 0.1) is 12.8 Å². The molecule has 110 valence electrons. The fraction of sp³-hybridized carbons (Fsp3) is 0.133. The molecule has 0 heterocycles. The lowest BCUT2D eigenvalue weighted by atomic mass is 10.1. The topological polar surface area (TPSA) is 58.6 Å². The van der Waals surface area contributed by atoms with Crippen LogP contribution in [0.3, 0.4) is 0 Å². The van der Waals surface area contributed by atoms with E-state index < -0.39 is 12.0 Å². The summed E-state index contributed by atoms with van der Waals surface area (Å²) < 4.78 is 5.89. The zero-order chi connectivity index (χ0) is 15.4. The summed E-state index contributed by atoms with van der Waals surface area (Å²) in [7, 11) is 1.53. The van der Waals surface area contributed by atoms with Crippen LogP contribution in [0.1, 0.15) is 11.6 Å². The van der Waals surface area contributed by atoms with E-state index in [1.54, 1.807) is 36.4 Å². The van der Waals surface area contributed by atoms with Crippen LogP contribution in [0.4, 0.5) is 5.69 Å². The van der Waals surface area contributed by atoms with Crippen molar-refractivity contribution >= 4 is 39.2 Å². The Balaban J connectivity index is 2.40. The first-order valence-corrected chi connectivity index (χ1v) is 7.27. The maximum atomic E-state index is 11.6. The van der Waals surface area contributed by atoms with E-state index in [0.717, 1.165) is 0 Å². The maximum absolute atomic E-state index is 11.6. The standard InChI is InChI=1S/C15H13BrClNO3/c1-21-13-5-3-2-4-12(13)18-14(15(19)20)10-8-9(17)6-7-11(10)16/h2-8,14,18H,1H3,(H,19,20). The van der Waals surface area contributed by atoms with Crippen LogP contribution in [0, 0.1) is 0 Å². The summed E-state index contributed by atoms with van der Waals surface area (Å²) in [5.74, 6) is -0.439. The summed E-state index contributed by atoms with van der Waals surface area (Å²) in [6.07, 6.45) is 0. The minimum absolute atomic E-state index is 0.473. The summed E-state index contributed by atoms with van der Waals surface area (Å²) >= 11 is 9.32. The van der Waals surface area contributed by atoms with Crippen LogP contribution in [0.15, 0.2) is 46.9 Å². The maximum Gasteiger partial charge on any atom is 0.330 e. The number of hydrogen-bond acceptors (Lipinski definition) is 3. The summed E-state index contributed by atoms with van der Waals surface area (Å²) in [5.41, 5.74) is 1.14. The number of methoxy groups -OCH3 is 1. The van der Waals surface area contributed by atoms with E-state index in [-0.39, 0.29) is 0 Å². The third kappa shape index (κ3) is 3.68. The molecule has 1 unspecified atom stereocenters. The number of para-hydroxylation sites is 2. The van der Waals surface area contributed by atoms with Crippen LogP contribution in [0.5, 0.6) is 5.75 Å². The largest absolute Gasteiger partial charge is 0.495 e. The van der Waals surface area contributed by atoms with Crippen LogP contribution in [-0.4, -0.2) is 18.2 Å². The average molecular weight is 371 g/mol. The number of carbonyl (C=O) groups is 1. The second-order valence-electron chi connectivity index (χ2n) is 4.28. The molecular weight excluding hydrogens is 358 g/mol. The van der Waals surface area contributed by atoms with Gasteiger partial charge in [0.2, 0.25) is 0 Å². The third-order valence-corrected chi connectivity index (χ3v) is 3.88. The van der Waals surface area contributed by atoms with Gasteiger partial charge in [0.1, 0.15) is 5.75 Å². The molecular formula is C15H13BrClNO3. The molecule has 0 aromatic heterocycles. The van der Waals surface area contributed by atoms with Crippen LogP contribution < -0.4 is 10.1 Å². The summed E-state index contributed by atoms with van der Waals surface area (Å²) in [6, 6.07) is 11.2. The Labute approximate surface area is 135 Å². The van der Waals surface area contributed by atoms with Crippen molar-refractivity contribution in [1.29, 1.82) is 0 Å². The number of carboxylic acid groups (broad SMARTS) is 1. The molecule has 2 rings (SSSR count). The van der Waals surface area contributed by atoms with Gasteiger partial charge in [-0.05, 0) is 30.3 Å². The van der Waals surface area contributed by atoms with E-state index >= 15 is 0 Å². The first kappa shape index (κ1) is 15.7. The van der Waals surface area contributed by atoms with Crippen molar-refractivity contribution in [1.82, 2.24) is 0 Å². The van der Waals surface area contributed by atoms with Crippen LogP contribution in [-0.2, 0) is 4.79 Å². The monoisotopic (exact) mass is 369 g/mol. The molecule has 0 saturated heterocycles. The number of rotatable bonds is 5. The highest BCUT2D eigenvalue weighted by atomic mass is 79.9. The molecule has 0 aliphatic rings. The normalized spacial score (nSPS) is 11.8. The van der Waals surface area contributed by atoms with Crippen LogP contribution in [0.25, 0.3) is 0 Å². The Bertz CT molecular complexity index is 663. The molecule has 2 aromatic rings. The van der Waals surface area contributed by atoms with Crippen molar-refractivity contribution in [2.45, 2.75) is 6.04 Å². The molecule has 0 aliphatic carbocycles. The molecule has 0 bridgehead atoms. The fourth-order valence-electron chi connectivity index (χ4n) is 1.93. The zero-order valence-electron chi connectivity index (χ0n) is 11.1. The first-order valence-electron chi connectivity index (χ1n) is 6.10. The number of benzene rings is 2. The molecule has 0 aliphatic heterocycles. The lowest BCUT2D eigenvalue weighted by Gasteiger charge is -2.19. The number of halogens is 2. The van der Waals surface area contributed by atoms with Gasteiger partial charge in [0.15, 0.2) is 6.04 Å². The lowest BCUT2D eigenvalue weighted by Crippen LogP contribution is -2.21. The average Bonchev–Trinajstić information content (AvgIpc) is 2.47. The predicted octanol–water partition coefficient (Wildman–Crippen LogP) is 4.35. The first-order chi connectivity index (χ1) is 10.0. The molecule has 0 radical (unpaired) electrons. The van der Waals surface area contributed by atoms with Gasteiger partial charge >= 0.3 is 5.97 Å². The van der Waals surface area contributed by atoms with Gasteiger partial charge in [-0.1, -0.05) is 39.7 Å². The summed E-state index contributed by atoms with van der Waals surface area (Å²) in [5, 5.41) is 12.9. The molecule has 2 N–H and O–H groups in total. The fourth-order valence-corrected chi connectivity index (χ4v) is 2.58. The van der Waals surface area contributed by atoms with Crippen molar-refractivity contribution in [3.63, 3.8) is 0 Å². The quantitative estimate of drug-likeness (QED) is 0.821. The number of anilines is 1. The molecule has 2 aromatic carbocycles. The van der Waals surface area contributed by atoms with Crippen molar-refractivity contribution in [2.24, 2.45) is 0 Å². The molecule has 1 atom stereocenters. The van der Waals surface area contributed by atoms with E-state index in [1.165, 1.54) is 7.11 Å². The highest BCUT2D eigenvalue weighted by molar-refractivity contribution is 9.10. The number of ether oxygens (including phenoxy) is 1. The molecule has 21 heavy (non-hydrogen) atoms. The summed E-state index contributed by atoms with van der Waals surface area (Å²) in [4.78, 5) is 11.6. The van der Waals surface area contributed by atoms with Crippen molar-refractivity contribution in [3.8, 4) is 5.75 Å². The van der Waals surface area contributed by atoms with E-state index in [9.17, 15) is 9.90 Å². The van der Waals surface area contributed by atoms with Gasteiger partial charge in [-0.15, -0.1) is 0 Å². The van der Waals surface area contributed by atoms with Gasteiger partial charge < -0.3 is 15.2 Å². The zero-order valence-corrected chi connectivity index (χ0v) is 13.5. The molecule has 6 heteroatoms. The molecule has 0 amide bonds. The minimum atomic E-state index is -1.01. The van der Waals surface area contributed by atoms with Crippen molar-refractivity contribution < 1.29 is 14.6 Å². The highest BCUT2D eigenvalue weighted by Crippen LogP contribution is 2.32. The Morgan fingerprint density at radius 2 is 2.05 bits per heavy atom. The molecule has 0 spiro atoms. The number of carboxylic acids is 1. The number of hydrogen-bond donors (Lipinski definition) is 2. The summed E-state index contributed by atoms with van der Waals surface area (Å²) in [6.45, 7) is 0. The van der Waals surface area contributed by atoms with Crippen molar-refractivity contribution in [2.75, 3.05) is 12.4 Å². The minimum Gasteiger partial charge on any atom is -0.495 e. The van der Waals surface area contributed by atoms with Gasteiger partial charge in [0, 0.05) is 15.1 Å². The highest BCUT2D eigenvalue weighted by Gasteiger charge is 2.23. The second-order valence-corrected chi connectivity index (χ2v) is 5.57. The predicted molar refractivity (Wildman–Crippen MR) is 86.1 cm³/mol. The van der Waals surface area contributed by atoms with Crippen molar-refractivity contribution in [3.05, 3.63) is 57.5 Å². The smallest absolute Gasteiger partial charge is 0.330 e. The lowest BCUT2D eigenvalue weighted by molar-refractivity contribution is -0.138. The SMILES string of the molecule is COc1ccccc1NC(C(=O)O)c1cc(Cl)ccc1Br. The van der Waals surface area contributed by atoms with Gasteiger partial charge in [0.25, 0.3) is 0 Å². The van der Waals surface area contributed by atoms with Crippen LogP contribution in [0.2, 0.25) is 5.02 Å². The second kappa shape index (κ2) is 6.83. The van der Waals surface area contributed by atoms with E-state index in [1.807, 2.05) is 6.07 Å². The van der Waals surface area contributed by atoms with Gasteiger partial charge in [-0.3, -0.25) is 0 Å². The van der Waals surface area contributed by atoms with Crippen LogP contribution >= 0.6 is 27.5 Å². The van der Waals surface area contributed by atoms with Gasteiger partial charge in [-0.2, -0.15) is 0 Å². The van der Waals surface area contributed by atoms with E-state index in [2.05, 4.69) is 21.2 Å². The Hall–Kier alpha value is -1.72. The Morgan fingerprint density at radius 3 is 2.71 bits per heavy atom. The molecule has 0 fully saturated rings. The van der Waals surface area contributed by atoms with E-state index in [4.69, 9.17) is 16.3 Å². The van der Waals surface area contributed by atoms with E-state index in [0.29, 0.717) is 26.5 Å². The number of nitrogens with one attached hydrogen (secondary N) is 1. The van der Waals surface area contributed by atoms with Gasteiger partial charge in [-0.25, -0.2) is 4.79 Å².